The van der Waals surface area contributed by atoms with Crippen LogP contribution in [0.15, 0.2) is 264 Å². The maximum absolute atomic E-state index is 12.9. The molecule has 0 aromatic heterocycles. The van der Waals surface area contributed by atoms with Crippen molar-refractivity contribution in [2.45, 2.75) is 77.5 Å². The van der Waals surface area contributed by atoms with Crippen LogP contribution in [0.4, 0.5) is 16.2 Å². The van der Waals surface area contributed by atoms with Gasteiger partial charge in [-0.25, -0.2) is 4.79 Å². The third-order valence-corrected chi connectivity index (χ3v) is 19.3. The Hall–Kier alpha value is -10.2. The van der Waals surface area contributed by atoms with Gasteiger partial charge in [0.25, 0.3) is 0 Å². The van der Waals surface area contributed by atoms with E-state index in [1.165, 1.54) is 21.8 Å². The summed E-state index contributed by atoms with van der Waals surface area (Å²) in [6, 6.07) is 84.0. The number of anilines is 2. The summed E-state index contributed by atoms with van der Waals surface area (Å²) in [6.07, 6.45) is 2.15. The van der Waals surface area contributed by atoms with Crippen molar-refractivity contribution in [3.63, 3.8) is 0 Å². The normalized spacial score (nSPS) is 13.9. The molecular formula is C92H104Br2N4O14. The Morgan fingerprint density at radius 3 is 1.21 bits per heavy atom. The first-order chi connectivity index (χ1) is 54.7. The van der Waals surface area contributed by atoms with Crippen molar-refractivity contribution >= 4 is 70.9 Å². The summed E-state index contributed by atoms with van der Waals surface area (Å²) in [5.41, 5.74) is 4.84. The van der Waals surface area contributed by atoms with Gasteiger partial charge in [0.05, 0.1) is 92.9 Å². The molecule has 0 radical (unpaired) electrons. The van der Waals surface area contributed by atoms with Gasteiger partial charge in [-0.05, 0) is 182 Å². The number of ether oxygens (including phenoxy) is 12. The zero-order valence-electron chi connectivity index (χ0n) is 64.9. The van der Waals surface area contributed by atoms with Gasteiger partial charge in [0.1, 0.15) is 70.6 Å². The van der Waals surface area contributed by atoms with E-state index in [-0.39, 0.29) is 18.2 Å². The number of phenolic OH excluding ortho intramolecular Hbond substituents is 1. The molecule has 2 saturated heterocycles. The second kappa shape index (κ2) is 45.4. The molecule has 112 heavy (non-hydrogen) atoms. The van der Waals surface area contributed by atoms with E-state index in [0.29, 0.717) is 98.1 Å². The number of benzene rings is 11. The second-order valence-electron chi connectivity index (χ2n) is 27.6. The summed E-state index contributed by atoms with van der Waals surface area (Å²) in [5, 5.41) is 17.0. The van der Waals surface area contributed by atoms with Crippen LogP contribution in [0.5, 0.6) is 51.7 Å². The van der Waals surface area contributed by atoms with E-state index < -0.39 is 5.60 Å². The van der Waals surface area contributed by atoms with Gasteiger partial charge in [-0.2, -0.15) is 0 Å². The lowest BCUT2D eigenvalue weighted by Gasteiger charge is -2.42. The Labute approximate surface area is 676 Å². The van der Waals surface area contributed by atoms with E-state index in [4.69, 9.17) is 61.9 Å². The topological polar surface area (TPSA) is 170 Å². The van der Waals surface area contributed by atoms with E-state index in [1.54, 1.807) is 50.5 Å². The first-order valence-electron chi connectivity index (χ1n) is 38.0. The number of amides is 1. The van der Waals surface area contributed by atoms with Crippen molar-refractivity contribution in [3.8, 4) is 51.7 Å². The Morgan fingerprint density at radius 1 is 0.420 bits per heavy atom. The smallest absolute Gasteiger partial charge is 0.410 e. The third-order valence-electron chi connectivity index (χ3n) is 18.2. The molecule has 2 aliphatic rings. The number of carbonyl (C=O) groups excluding carboxylic acids is 1. The third kappa shape index (κ3) is 27.9. The number of carbonyl (C=O) groups is 1. The van der Waals surface area contributed by atoms with Crippen LogP contribution >= 0.6 is 31.9 Å². The molecule has 18 nitrogen and oxygen atoms in total. The molecule has 0 saturated carbocycles. The number of methoxy groups -OCH3 is 3. The van der Waals surface area contributed by atoms with E-state index in [0.717, 1.165) is 122 Å². The van der Waals surface area contributed by atoms with Gasteiger partial charge < -0.3 is 82.0 Å². The number of hydrogen-bond donors (Lipinski definition) is 2. The highest BCUT2D eigenvalue weighted by Gasteiger charge is 2.33. The maximum atomic E-state index is 12.9. The van der Waals surface area contributed by atoms with Gasteiger partial charge in [0.15, 0.2) is 0 Å². The van der Waals surface area contributed by atoms with Crippen LogP contribution in [-0.2, 0) is 38.8 Å². The van der Waals surface area contributed by atoms with E-state index in [1.807, 2.05) is 160 Å². The number of piperazine rings is 2. The zero-order chi connectivity index (χ0) is 78.5. The number of para-hydroxylation sites is 3. The lowest BCUT2D eigenvalue weighted by Crippen LogP contribution is -2.57. The molecule has 20 heteroatoms. The highest BCUT2D eigenvalue weighted by molar-refractivity contribution is 9.10. The molecule has 2 fully saturated rings. The van der Waals surface area contributed by atoms with Crippen molar-refractivity contribution in [2.75, 3.05) is 123 Å². The fraction of sp³-hybridized carbons (Fsp3) is 0.315. The van der Waals surface area contributed by atoms with Crippen LogP contribution in [0.2, 0.25) is 0 Å². The van der Waals surface area contributed by atoms with Crippen LogP contribution in [0.1, 0.15) is 56.7 Å². The Balaban J connectivity index is 0.000000178. The Bertz CT molecular complexity index is 4550. The standard InChI is InChI=1S/C37H44N2O6.C32H36N2O4.C17H19BrO3.C6H5BrO/c1-37(2,3)45-36(40)38-20-21-39(32(25-38)27-44-34-17-14-28-10-5-6-11-29(28)24-34)31-15-18-33(19-16-31)43-23-9-22-42-26-30-12-7-8-13-35(30)41-4;1-35-32-10-5-4-9-27(32)23-36-19-6-20-37-30-15-12-28(13-16-30)34-18-17-33-22-29(34)24-38-31-14-11-25-7-2-3-8-26(25)21-31;1-19-17-6-3-2-5-14(17)13-20-11-4-12-21-16-9-7-15(18)8-10-16;7-5-1-3-6(8)4-2-5/h5-8,10-19,24,32H,9,20-23,25-27H2,1-4H3;2-5,7-16,21,29,33H,6,17-20,22-24H2,1H3;2-3,5-10H,4,11-13H2,1H3;1-4,8H/t32-;29-;;/m11../s1. The fourth-order valence-corrected chi connectivity index (χ4v) is 13.0. The number of phenols is 1. The van der Waals surface area contributed by atoms with E-state index in [9.17, 15) is 4.79 Å². The molecular weight excluding hydrogens is 1540 g/mol. The molecule has 0 unspecified atom stereocenters. The highest BCUT2D eigenvalue weighted by atomic mass is 79.9. The number of aromatic hydroxyl groups is 1. The van der Waals surface area contributed by atoms with Crippen molar-refractivity contribution in [1.82, 2.24) is 10.2 Å². The minimum atomic E-state index is -0.553. The monoisotopic (exact) mass is 1650 g/mol. The molecule has 2 atom stereocenters. The minimum absolute atomic E-state index is 0.0649. The van der Waals surface area contributed by atoms with Crippen LogP contribution < -0.4 is 53.0 Å². The predicted molar refractivity (Wildman–Crippen MR) is 453 cm³/mol. The summed E-state index contributed by atoms with van der Waals surface area (Å²) in [4.78, 5) is 19.5. The fourth-order valence-electron chi connectivity index (χ4n) is 12.5. The summed E-state index contributed by atoms with van der Waals surface area (Å²) in [5.74, 6) is 7.12. The molecule has 13 rings (SSSR count). The highest BCUT2D eigenvalue weighted by Crippen LogP contribution is 2.30. The van der Waals surface area contributed by atoms with Gasteiger partial charge in [-0.3, -0.25) is 0 Å². The number of nitrogens with zero attached hydrogens (tertiary/aromatic N) is 3. The molecule has 2 heterocycles. The first-order valence-corrected chi connectivity index (χ1v) is 39.6. The quantitative estimate of drug-likeness (QED) is 0.0381. The van der Waals surface area contributed by atoms with Gasteiger partial charge in [-0.15, -0.1) is 0 Å². The number of fused-ring (bicyclic) bond motifs is 2. The first kappa shape index (κ1) is 84.3. The van der Waals surface area contributed by atoms with Gasteiger partial charge in [-0.1, -0.05) is 147 Å². The van der Waals surface area contributed by atoms with Gasteiger partial charge >= 0.3 is 6.09 Å². The Morgan fingerprint density at radius 2 is 0.795 bits per heavy atom. The largest absolute Gasteiger partial charge is 0.508 e. The molecule has 1 amide bonds. The number of hydrogen-bond acceptors (Lipinski definition) is 17. The Kier molecular flexibility index (Phi) is 34.1. The minimum Gasteiger partial charge on any atom is -0.508 e. The summed E-state index contributed by atoms with van der Waals surface area (Å²) in [6.45, 7) is 16.5. The molecule has 2 aliphatic heterocycles. The molecule has 0 aliphatic carbocycles. The van der Waals surface area contributed by atoms with Crippen molar-refractivity contribution in [2.24, 2.45) is 0 Å². The molecule has 0 spiro atoms. The van der Waals surface area contributed by atoms with Crippen molar-refractivity contribution < 1.29 is 66.7 Å². The summed E-state index contributed by atoms with van der Waals surface area (Å²) >= 11 is 6.63. The summed E-state index contributed by atoms with van der Waals surface area (Å²) in [7, 11) is 5.02. The SMILES string of the molecule is COc1ccccc1COCCCOc1ccc(Br)cc1.COc1ccccc1COCCCOc1ccc(N2CCN(C(=O)OC(C)(C)C)C[C@@H]2COc2ccc3ccccc3c2)cc1.COc1ccccc1COCCCOc1ccc(N2CCNC[C@@H]2COc2ccc3ccccc3c2)cc1.Oc1ccc(Br)cc1. The van der Waals surface area contributed by atoms with Crippen LogP contribution in [0, 0.1) is 0 Å². The number of nitrogens with one attached hydrogen (secondary N) is 1. The predicted octanol–water partition coefficient (Wildman–Crippen LogP) is 19.6. The molecule has 590 valence electrons. The molecule has 0 bridgehead atoms. The average molecular weight is 1650 g/mol. The second-order valence-corrected chi connectivity index (χ2v) is 29.4. The zero-order valence-corrected chi connectivity index (χ0v) is 68.1. The van der Waals surface area contributed by atoms with Crippen LogP contribution in [0.3, 0.4) is 0 Å². The molecule has 11 aromatic rings. The maximum Gasteiger partial charge on any atom is 0.410 e. The van der Waals surface area contributed by atoms with Crippen LogP contribution in [-0.4, -0.2) is 147 Å². The lowest BCUT2D eigenvalue weighted by atomic mass is 10.1. The van der Waals surface area contributed by atoms with Crippen molar-refractivity contribution in [3.05, 3.63) is 280 Å². The molecule has 2 N–H and O–H groups in total. The van der Waals surface area contributed by atoms with E-state index >= 15 is 0 Å². The van der Waals surface area contributed by atoms with E-state index in [2.05, 4.69) is 138 Å². The number of rotatable bonds is 32. The van der Waals surface area contributed by atoms with Gasteiger partial charge in [0, 0.05) is 95.5 Å². The number of halogens is 2. The van der Waals surface area contributed by atoms with Gasteiger partial charge in [0.2, 0.25) is 0 Å². The molecule has 11 aromatic carbocycles. The van der Waals surface area contributed by atoms with Crippen LogP contribution in [0.25, 0.3) is 21.5 Å². The summed E-state index contributed by atoms with van der Waals surface area (Å²) < 4.78 is 71.2. The lowest BCUT2D eigenvalue weighted by molar-refractivity contribution is 0.0201. The van der Waals surface area contributed by atoms with Crippen molar-refractivity contribution in [1.29, 1.82) is 0 Å². The average Bonchev–Trinajstić information content (AvgIpc) is 0.803.